The summed E-state index contributed by atoms with van der Waals surface area (Å²) < 4.78 is 1.78. The van der Waals surface area contributed by atoms with E-state index >= 15 is 0 Å². The van der Waals surface area contributed by atoms with Crippen LogP contribution in [0.5, 0.6) is 0 Å². The predicted molar refractivity (Wildman–Crippen MR) is 94.6 cm³/mol. The van der Waals surface area contributed by atoms with Gasteiger partial charge >= 0.3 is 0 Å². The average molecular weight is 361 g/mol. The Hall–Kier alpha value is -2.38. The van der Waals surface area contributed by atoms with Crippen molar-refractivity contribution in [2.75, 3.05) is 26.2 Å². The predicted octanol–water partition coefficient (Wildman–Crippen LogP) is 0.236. The zero-order chi connectivity index (χ0) is 18.7. The van der Waals surface area contributed by atoms with Gasteiger partial charge in [0.05, 0.1) is 19.0 Å². The first-order valence-corrected chi connectivity index (χ1v) is 9.21. The van der Waals surface area contributed by atoms with E-state index < -0.39 is 5.91 Å². The van der Waals surface area contributed by atoms with Crippen LogP contribution in [0, 0.1) is 11.3 Å². The monoisotopic (exact) mass is 361 g/mol. The van der Waals surface area contributed by atoms with Crippen LogP contribution in [0.4, 0.5) is 0 Å². The van der Waals surface area contributed by atoms with Crippen LogP contribution in [0.15, 0.2) is 18.5 Å². The fourth-order valence-corrected chi connectivity index (χ4v) is 4.12. The molecule has 0 aromatic carbocycles. The second-order valence-corrected chi connectivity index (χ2v) is 7.67. The summed E-state index contributed by atoms with van der Waals surface area (Å²) in [5, 5.41) is 4.16. The second-order valence-electron chi connectivity index (χ2n) is 7.67. The number of hydrogen-bond acceptors (Lipinski definition) is 4. The summed E-state index contributed by atoms with van der Waals surface area (Å²) in [4.78, 5) is 39.4. The molecule has 0 radical (unpaired) electrons. The zero-order valence-corrected chi connectivity index (χ0v) is 15.3. The van der Waals surface area contributed by atoms with E-state index in [9.17, 15) is 14.4 Å². The van der Waals surface area contributed by atoms with Crippen LogP contribution in [0.3, 0.4) is 0 Å². The largest absolute Gasteiger partial charge is 0.368 e. The molecule has 2 aliphatic rings. The molecule has 8 nitrogen and oxygen atoms in total. The van der Waals surface area contributed by atoms with Gasteiger partial charge in [-0.15, -0.1) is 0 Å². The standard InChI is InChI=1S/C18H27N5O3/c1-14(11-23-8-2-7-20-23)17(26)21-9-5-18(6-10-21)4-3-16(25)22(13-18)12-15(19)24/h2,7-8,14H,3-6,9-13H2,1H3,(H2,19,24)/t14-/m1/s1. The Morgan fingerprint density at radius 2 is 2.04 bits per heavy atom. The van der Waals surface area contributed by atoms with Gasteiger partial charge in [-0.25, -0.2) is 0 Å². The molecule has 0 bridgehead atoms. The van der Waals surface area contributed by atoms with E-state index in [2.05, 4.69) is 5.10 Å². The van der Waals surface area contributed by atoms with Crippen LogP contribution in [-0.4, -0.2) is 63.5 Å². The van der Waals surface area contributed by atoms with Crippen LogP contribution < -0.4 is 5.73 Å². The first kappa shape index (κ1) is 18.4. The highest BCUT2D eigenvalue weighted by Crippen LogP contribution is 2.40. The third kappa shape index (κ3) is 4.05. The molecular weight excluding hydrogens is 334 g/mol. The summed E-state index contributed by atoms with van der Waals surface area (Å²) in [5.74, 6) is -0.448. The molecule has 8 heteroatoms. The molecule has 0 saturated carbocycles. The quantitative estimate of drug-likeness (QED) is 0.811. The van der Waals surface area contributed by atoms with E-state index in [4.69, 9.17) is 5.73 Å². The van der Waals surface area contributed by atoms with Crippen molar-refractivity contribution in [1.82, 2.24) is 19.6 Å². The third-order valence-electron chi connectivity index (χ3n) is 5.67. The lowest BCUT2D eigenvalue weighted by Gasteiger charge is -2.47. The van der Waals surface area contributed by atoms with Gasteiger partial charge < -0.3 is 15.5 Å². The maximum atomic E-state index is 12.7. The van der Waals surface area contributed by atoms with Gasteiger partial charge in [-0.3, -0.25) is 19.1 Å². The first-order chi connectivity index (χ1) is 12.4. The molecule has 1 atom stereocenters. The number of nitrogens with two attached hydrogens (primary N) is 1. The number of likely N-dealkylation sites (tertiary alicyclic amines) is 2. The topological polar surface area (TPSA) is 102 Å². The van der Waals surface area contributed by atoms with Crippen molar-refractivity contribution in [2.45, 2.75) is 39.2 Å². The minimum absolute atomic E-state index is 0.000718. The first-order valence-electron chi connectivity index (χ1n) is 9.21. The molecule has 3 amide bonds. The van der Waals surface area contributed by atoms with E-state index in [0.717, 1.165) is 19.3 Å². The summed E-state index contributed by atoms with van der Waals surface area (Å²) >= 11 is 0. The lowest BCUT2D eigenvalue weighted by Crippen LogP contribution is -2.54. The van der Waals surface area contributed by atoms with Crippen molar-refractivity contribution >= 4 is 17.7 Å². The van der Waals surface area contributed by atoms with Gasteiger partial charge in [-0.2, -0.15) is 5.10 Å². The maximum Gasteiger partial charge on any atom is 0.237 e. The number of piperidine rings is 2. The molecule has 2 fully saturated rings. The molecule has 1 aromatic heterocycles. The fourth-order valence-electron chi connectivity index (χ4n) is 4.12. The Morgan fingerprint density at radius 1 is 1.31 bits per heavy atom. The van der Waals surface area contributed by atoms with Gasteiger partial charge in [-0.05, 0) is 30.7 Å². The van der Waals surface area contributed by atoms with Gasteiger partial charge in [0.15, 0.2) is 0 Å². The van der Waals surface area contributed by atoms with E-state index in [1.165, 1.54) is 0 Å². The number of amides is 3. The van der Waals surface area contributed by atoms with Crippen LogP contribution >= 0.6 is 0 Å². The summed E-state index contributed by atoms with van der Waals surface area (Å²) in [6, 6.07) is 1.85. The lowest BCUT2D eigenvalue weighted by atomic mass is 9.72. The van der Waals surface area contributed by atoms with Gasteiger partial charge in [0.2, 0.25) is 17.7 Å². The molecule has 1 aromatic rings. The van der Waals surface area contributed by atoms with Gasteiger partial charge in [-0.1, -0.05) is 6.92 Å². The Labute approximate surface area is 153 Å². The normalized spacial score (nSPS) is 21.0. The van der Waals surface area contributed by atoms with Gasteiger partial charge in [0, 0.05) is 38.4 Å². The fraction of sp³-hybridized carbons (Fsp3) is 0.667. The highest BCUT2D eigenvalue weighted by atomic mass is 16.2. The smallest absolute Gasteiger partial charge is 0.237 e. The zero-order valence-electron chi connectivity index (χ0n) is 15.3. The second kappa shape index (κ2) is 7.47. The van der Waals surface area contributed by atoms with Crippen molar-refractivity contribution in [3.63, 3.8) is 0 Å². The molecular formula is C18H27N5O3. The Morgan fingerprint density at radius 3 is 2.65 bits per heavy atom. The van der Waals surface area contributed by atoms with Crippen LogP contribution in [-0.2, 0) is 20.9 Å². The van der Waals surface area contributed by atoms with Crippen molar-refractivity contribution in [2.24, 2.45) is 17.1 Å². The van der Waals surface area contributed by atoms with Gasteiger partial charge in [0.25, 0.3) is 0 Å². The summed E-state index contributed by atoms with van der Waals surface area (Å²) in [5.41, 5.74) is 5.27. The van der Waals surface area contributed by atoms with E-state index in [0.29, 0.717) is 32.6 Å². The maximum absolute atomic E-state index is 12.7. The molecule has 142 valence electrons. The Bertz CT molecular complexity index is 664. The Balaban J connectivity index is 1.55. The number of primary amides is 1. The van der Waals surface area contributed by atoms with Crippen molar-refractivity contribution in [3.05, 3.63) is 18.5 Å². The van der Waals surface area contributed by atoms with Crippen molar-refractivity contribution in [3.8, 4) is 0 Å². The van der Waals surface area contributed by atoms with Crippen LogP contribution in [0.25, 0.3) is 0 Å². The van der Waals surface area contributed by atoms with Crippen LogP contribution in [0.1, 0.15) is 32.6 Å². The van der Waals surface area contributed by atoms with Crippen molar-refractivity contribution in [1.29, 1.82) is 0 Å². The highest BCUT2D eigenvalue weighted by molar-refractivity contribution is 5.84. The Kier molecular flexibility index (Phi) is 5.29. The molecule has 0 unspecified atom stereocenters. The minimum atomic E-state index is -0.476. The number of carbonyl (C=O) groups is 3. The molecule has 2 N–H and O–H groups in total. The molecule has 2 saturated heterocycles. The number of hydrogen-bond donors (Lipinski definition) is 1. The number of nitrogens with zero attached hydrogens (tertiary/aromatic N) is 4. The summed E-state index contributed by atoms with van der Waals surface area (Å²) in [6.45, 7) is 4.46. The van der Waals surface area contributed by atoms with E-state index in [1.54, 1.807) is 15.8 Å². The molecule has 26 heavy (non-hydrogen) atoms. The molecule has 0 aliphatic carbocycles. The van der Waals surface area contributed by atoms with E-state index in [1.807, 2.05) is 24.1 Å². The summed E-state index contributed by atoms with van der Waals surface area (Å²) in [6.07, 6.45) is 6.57. The highest BCUT2D eigenvalue weighted by Gasteiger charge is 2.42. The SMILES string of the molecule is C[C@H](Cn1cccn1)C(=O)N1CCC2(CCC(=O)N(CC(N)=O)C2)CC1. The molecule has 2 aliphatic heterocycles. The number of aromatic nitrogens is 2. The number of carbonyl (C=O) groups excluding carboxylic acids is 3. The molecule has 3 heterocycles. The average Bonchev–Trinajstić information content (AvgIpc) is 3.11. The third-order valence-corrected chi connectivity index (χ3v) is 5.67. The van der Waals surface area contributed by atoms with E-state index in [-0.39, 0.29) is 29.7 Å². The van der Waals surface area contributed by atoms with Gasteiger partial charge in [0.1, 0.15) is 0 Å². The summed E-state index contributed by atoms with van der Waals surface area (Å²) in [7, 11) is 0. The number of rotatable bonds is 5. The minimum Gasteiger partial charge on any atom is -0.368 e. The molecule has 1 spiro atoms. The van der Waals surface area contributed by atoms with Crippen LogP contribution in [0.2, 0.25) is 0 Å². The molecule has 3 rings (SSSR count). The lowest BCUT2D eigenvalue weighted by molar-refractivity contribution is -0.145. The van der Waals surface area contributed by atoms with Crippen molar-refractivity contribution < 1.29 is 14.4 Å².